The van der Waals surface area contributed by atoms with Crippen LogP contribution in [-0.4, -0.2) is 6.98 Å². The minimum absolute atomic E-state index is 0.521. The minimum Gasteiger partial charge on any atom is -0.445 e. The molecule has 66 valence electrons. The van der Waals surface area contributed by atoms with E-state index in [0.717, 1.165) is 24.1 Å². The van der Waals surface area contributed by atoms with Crippen molar-refractivity contribution in [3.63, 3.8) is 0 Å². The van der Waals surface area contributed by atoms with Crippen LogP contribution in [0.15, 0.2) is 24.3 Å². The van der Waals surface area contributed by atoms with E-state index >= 15 is 0 Å². The molecule has 0 N–H and O–H groups in total. The molecule has 1 rings (SSSR count). The highest BCUT2D eigenvalue weighted by molar-refractivity contribution is 6.73. The van der Waals surface area contributed by atoms with E-state index in [2.05, 4.69) is 0 Å². The zero-order valence-corrected chi connectivity index (χ0v) is 6.73. The standard InChI is InChI=1S/C8H9BF3/c1-2-7-3-5-8(6-4-7)9(10,11)12/h3-6H,2H2,1H3/q-1. The molecule has 0 atom stereocenters. The van der Waals surface area contributed by atoms with Crippen molar-refractivity contribution in [1.82, 2.24) is 0 Å². The molecule has 0 aliphatic heterocycles. The smallest absolute Gasteiger partial charge is 0.445 e. The molecule has 1 aromatic carbocycles. The van der Waals surface area contributed by atoms with Crippen LogP contribution in [0.2, 0.25) is 0 Å². The molecule has 12 heavy (non-hydrogen) atoms. The lowest BCUT2D eigenvalue weighted by atomic mass is 9.80. The number of halogens is 3. The molecule has 4 heteroatoms. The van der Waals surface area contributed by atoms with Gasteiger partial charge >= 0.3 is 6.98 Å². The Labute approximate surface area is 69.5 Å². The molecule has 0 radical (unpaired) electrons. The first-order valence-electron chi connectivity index (χ1n) is 3.83. The van der Waals surface area contributed by atoms with Crippen molar-refractivity contribution in [2.75, 3.05) is 0 Å². The molecule has 0 aliphatic rings. The molecule has 0 saturated heterocycles. The van der Waals surface area contributed by atoms with Crippen LogP contribution in [0.1, 0.15) is 12.5 Å². The van der Waals surface area contributed by atoms with Crippen molar-refractivity contribution < 1.29 is 12.9 Å². The summed E-state index contributed by atoms with van der Waals surface area (Å²) in [5.74, 6) is 0. The second kappa shape index (κ2) is 3.21. The van der Waals surface area contributed by atoms with Gasteiger partial charge in [0.05, 0.1) is 0 Å². The summed E-state index contributed by atoms with van der Waals surface area (Å²) in [6.07, 6.45) is 0.769. The molecule has 0 nitrogen and oxygen atoms in total. The van der Waals surface area contributed by atoms with E-state index < -0.39 is 12.4 Å². The fourth-order valence-electron chi connectivity index (χ4n) is 0.972. The Morgan fingerprint density at radius 2 is 1.58 bits per heavy atom. The summed E-state index contributed by atoms with van der Waals surface area (Å²) in [5, 5.41) is 0. The Morgan fingerprint density at radius 1 is 1.08 bits per heavy atom. The molecule has 0 spiro atoms. The highest BCUT2D eigenvalue weighted by Gasteiger charge is 2.24. The number of hydrogen-bond acceptors (Lipinski definition) is 0. The van der Waals surface area contributed by atoms with Gasteiger partial charge in [-0.1, -0.05) is 31.2 Å². The van der Waals surface area contributed by atoms with Gasteiger partial charge in [-0.15, -0.1) is 5.46 Å². The third-order valence-electron chi connectivity index (χ3n) is 1.77. The Bertz CT molecular complexity index is 250. The molecule has 0 unspecified atom stereocenters. The number of aryl methyl sites for hydroxylation is 1. The zero-order valence-electron chi connectivity index (χ0n) is 6.73. The van der Waals surface area contributed by atoms with Crippen molar-refractivity contribution in [3.8, 4) is 0 Å². The van der Waals surface area contributed by atoms with Gasteiger partial charge in [-0.3, -0.25) is 0 Å². The van der Waals surface area contributed by atoms with E-state index in [1.165, 1.54) is 12.1 Å². The van der Waals surface area contributed by atoms with E-state index in [0.29, 0.717) is 0 Å². The maximum Gasteiger partial charge on any atom is 0.509 e. The van der Waals surface area contributed by atoms with Gasteiger partial charge in [0.2, 0.25) is 0 Å². The zero-order chi connectivity index (χ0) is 9.19. The van der Waals surface area contributed by atoms with E-state index in [-0.39, 0.29) is 0 Å². The summed E-state index contributed by atoms with van der Waals surface area (Å²) in [7, 11) is 0. The van der Waals surface area contributed by atoms with Gasteiger partial charge in [-0.05, 0) is 12.0 Å². The van der Waals surface area contributed by atoms with Gasteiger partial charge < -0.3 is 12.9 Å². The normalized spacial score (nSPS) is 11.7. The third-order valence-corrected chi connectivity index (χ3v) is 1.77. The fraction of sp³-hybridized carbons (Fsp3) is 0.250. The van der Waals surface area contributed by atoms with Crippen molar-refractivity contribution >= 4 is 12.4 Å². The van der Waals surface area contributed by atoms with Crippen LogP contribution in [-0.2, 0) is 6.42 Å². The molecule has 0 aliphatic carbocycles. The van der Waals surface area contributed by atoms with Crippen molar-refractivity contribution in [3.05, 3.63) is 29.8 Å². The Hall–Kier alpha value is -0.925. The van der Waals surface area contributed by atoms with Crippen LogP contribution in [0.25, 0.3) is 0 Å². The second-order valence-corrected chi connectivity index (χ2v) is 2.67. The number of rotatable bonds is 2. The van der Waals surface area contributed by atoms with Crippen LogP contribution in [0.4, 0.5) is 12.9 Å². The average molecular weight is 173 g/mol. The highest BCUT2D eigenvalue weighted by atomic mass is 19.4. The van der Waals surface area contributed by atoms with Gasteiger partial charge in [-0.2, -0.15) is 0 Å². The monoisotopic (exact) mass is 173 g/mol. The average Bonchev–Trinajstić information content (AvgIpc) is 2.03. The lowest BCUT2D eigenvalue weighted by Gasteiger charge is -2.14. The SMILES string of the molecule is CCc1ccc([B-](F)(F)F)cc1. The maximum absolute atomic E-state index is 12.1. The summed E-state index contributed by atoms with van der Waals surface area (Å²) >= 11 is 0. The van der Waals surface area contributed by atoms with E-state index in [1.807, 2.05) is 6.92 Å². The van der Waals surface area contributed by atoms with Crippen molar-refractivity contribution in [2.24, 2.45) is 0 Å². The van der Waals surface area contributed by atoms with Crippen molar-refractivity contribution in [1.29, 1.82) is 0 Å². The largest absolute Gasteiger partial charge is 0.509 e. The van der Waals surface area contributed by atoms with Gasteiger partial charge in [0.1, 0.15) is 0 Å². The predicted molar refractivity (Wildman–Crippen MR) is 44.5 cm³/mol. The number of hydrogen-bond donors (Lipinski definition) is 0. The molecule has 0 saturated carbocycles. The summed E-state index contributed by atoms with van der Waals surface area (Å²) in [6.45, 7) is -2.91. The van der Waals surface area contributed by atoms with Gasteiger partial charge in [0, 0.05) is 0 Å². The van der Waals surface area contributed by atoms with Gasteiger partial charge in [0.25, 0.3) is 0 Å². The first kappa shape index (κ1) is 9.17. The Morgan fingerprint density at radius 3 is 1.92 bits per heavy atom. The number of benzene rings is 1. The van der Waals surface area contributed by atoms with E-state index in [9.17, 15) is 12.9 Å². The van der Waals surface area contributed by atoms with Crippen LogP contribution >= 0.6 is 0 Å². The van der Waals surface area contributed by atoms with Crippen LogP contribution < -0.4 is 5.46 Å². The lowest BCUT2D eigenvalue weighted by Crippen LogP contribution is -2.33. The van der Waals surface area contributed by atoms with Crippen LogP contribution in [0.5, 0.6) is 0 Å². The molecule has 0 heterocycles. The summed E-state index contributed by atoms with van der Waals surface area (Å²) in [4.78, 5) is 0. The topological polar surface area (TPSA) is 0 Å². The van der Waals surface area contributed by atoms with Crippen molar-refractivity contribution in [2.45, 2.75) is 13.3 Å². The molecule has 0 aromatic heterocycles. The maximum atomic E-state index is 12.1. The quantitative estimate of drug-likeness (QED) is 0.602. The summed E-state index contributed by atoms with van der Waals surface area (Å²) in [5.41, 5.74) is 0.408. The molecular weight excluding hydrogens is 164 g/mol. The summed E-state index contributed by atoms with van der Waals surface area (Å²) in [6, 6.07) is 5.31. The van der Waals surface area contributed by atoms with Gasteiger partial charge in [-0.25, -0.2) is 0 Å². The molecule has 0 amide bonds. The van der Waals surface area contributed by atoms with E-state index in [1.54, 1.807) is 0 Å². The van der Waals surface area contributed by atoms with Crippen LogP contribution in [0, 0.1) is 0 Å². The Kier molecular flexibility index (Phi) is 2.45. The first-order valence-corrected chi connectivity index (χ1v) is 3.83. The van der Waals surface area contributed by atoms with E-state index in [4.69, 9.17) is 0 Å². The lowest BCUT2D eigenvalue weighted by molar-refractivity contribution is 0.501. The second-order valence-electron chi connectivity index (χ2n) is 2.67. The first-order chi connectivity index (χ1) is 5.54. The molecule has 0 bridgehead atoms. The predicted octanol–water partition coefficient (Wildman–Crippen LogP) is 2.30. The minimum atomic E-state index is -4.82. The van der Waals surface area contributed by atoms with Crippen LogP contribution in [0.3, 0.4) is 0 Å². The molecule has 1 aromatic rings. The molecular formula is C8H9BF3-. The highest BCUT2D eigenvalue weighted by Crippen LogP contribution is 2.09. The molecule has 0 fully saturated rings. The van der Waals surface area contributed by atoms with Gasteiger partial charge in [0.15, 0.2) is 0 Å². The third kappa shape index (κ3) is 2.03. The summed E-state index contributed by atoms with van der Waals surface area (Å²) < 4.78 is 36.3. The fourth-order valence-corrected chi connectivity index (χ4v) is 0.972. The Balaban J connectivity index is 2.93.